The van der Waals surface area contributed by atoms with E-state index in [1.54, 1.807) is 13.0 Å². The van der Waals surface area contributed by atoms with Crippen LogP contribution in [0.5, 0.6) is 0 Å². The van der Waals surface area contributed by atoms with E-state index in [2.05, 4.69) is 7.05 Å². The lowest BCUT2D eigenvalue weighted by Crippen LogP contribution is -2.57. The first-order valence-electron chi connectivity index (χ1n) is 4.17. The van der Waals surface area contributed by atoms with Gasteiger partial charge >= 0.3 is 0 Å². The Morgan fingerprint density at radius 1 is 1.33 bits per heavy atom. The summed E-state index contributed by atoms with van der Waals surface area (Å²) >= 11 is 0. The van der Waals surface area contributed by atoms with E-state index >= 15 is 0 Å². The summed E-state index contributed by atoms with van der Waals surface area (Å²) in [6.07, 6.45) is 1.59. The summed E-state index contributed by atoms with van der Waals surface area (Å²) < 4.78 is 1.51. The smallest absolute Gasteiger partial charge is 0.102 e. The van der Waals surface area contributed by atoms with Crippen molar-refractivity contribution in [3.8, 4) is 0 Å². The van der Waals surface area contributed by atoms with E-state index in [1.165, 1.54) is 28.3 Å². The monoisotopic (exact) mass is 122 g/mol. The van der Waals surface area contributed by atoms with Gasteiger partial charge in [0.25, 0.3) is 0 Å². The van der Waals surface area contributed by atoms with Crippen LogP contribution in [0.15, 0.2) is 0 Å². The summed E-state index contributed by atoms with van der Waals surface area (Å²) in [6, 6.07) is 2.35. The van der Waals surface area contributed by atoms with Crippen LogP contribution in [0.4, 0.5) is 0 Å². The normalized spacial score (nSPS) is 87.0. The number of rotatable bonds is 0. The molecule has 2 saturated heterocycles. The van der Waals surface area contributed by atoms with Gasteiger partial charge in [0.05, 0.1) is 25.6 Å². The molecule has 1 heteroatoms. The van der Waals surface area contributed by atoms with Crippen LogP contribution in [0.25, 0.3) is 0 Å². The molecule has 0 aromatic rings. The molecule has 48 valence electrons. The summed E-state index contributed by atoms with van der Waals surface area (Å²) in [6.45, 7) is 1.55. The van der Waals surface area contributed by atoms with E-state index in [0.29, 0.717) is 0 Å². The van der Waals surface area contributed by atoms with Crippen LogP contribution in [0.3, 0.4) is 0 Å². The van der Waals surface area contributed by atoms with E-state index in [9.17, 15) is 0 Å². The molecular formula is C8H12N+. The topological polar surface area (TPSA) is 0 Å². The standard InChI is InChI=1S/C8H12N/c1-9-3-5-7(8(5)9)4-2-6(4)9/h4-8H,2-3H2,1H3/q+1/t4?,5?,6-,7?,8?,9?/m1/s1. The SMILES string of the molecule is C[N+]12CC3C(C4C[C@H]41)C32. The molecule has 0 amide bonds. The van der Waals surface area contributed by atoms with Gasteiger partial charge in [0, 0.05) is 18.3 Å². The molecule has 0 N–H and O–H groups in total. The van der Waals surface area contributed by atoms with Crippen molar-refractivity contribution in [3.05, 3.63) is 0 Å². The average molecular weight is 122 g/mol. The van der Waals surface area contributed by atoms with Crippen LogP contribution in [-0.4, -0.2) is 30.2 Å². The largest absolute Gasteiger partial charge is 0.320 e. The van der Waals surface area contributed by atoms with Crippen molar-refractivity contribution >= 4 is 0 Å². The lowest BCUT2D eigenvalue weighted by molar-refractivity contribution is -0.960. The van der Waals surface area contributed by atoms with Gasteiger partial charge in [-0.25, -0.2) is 0 Å². The first-order chi connectivity index (χ1) is 4.32. The number of quaternary nitrogens is 1. The Balaban J connectivity index is 1.97. The molecule has 2 heterocycles. The van der Waals surface area contributed by atoms with E-state index in [1.807, 2.05) is 0 Å². The van der Waals surface area contributed by atoms with Crippen molar-refractivity contribution in [1.29, 1.82) is 0 Å². The van der Waals surface area contributed by atoms with E-state index in [-0.39, 0.29) is 0 Å². The van der Waals surface area contributed by atoms with Crippen LogP contribution < -0.4 is 0 Å². The molecule has 0 aromatic carbocycles. The van der Waals surface area contributed by atoms with Gasteiger partial charge < -0.3 is 4.48 Å². The molecule has 4 aliphatic rings. The maximum atomic E-state index is 2.48. The first-order valence-corrected chi connectivity index (χ1v) is 4.17. The molecule has 2 aliphatic carbocycles. The molecule has 1 nitrogen and oxygen atoms in total. The predicted octanol–water partition coefficient (Wildman–Crippen LogP) is 0.463. The van der Waals surface area contributed by atoms with E-state index in [0.717, 1.165) is 6.04 Å². The van der Waals surface area contributed by atoms with Gasteiger partial charge in [0.15, 0.2) is 0 Å². The Kier molecular flexibility index (Phi) is 0.323. The van der Waals surface area contributed by atoms with E-state index < -0.39 is 0 Å². The van der Waals surface area contributed by atoms with Gasteiger partial charge in [-0.2, -0.15) is 0 Å². The third-order valence-corrected chi connectivity index (χ3v) is 4.53. The van der Waals surface area contributed by atoms with Crippen molar-refractivity contribution in [2.45, 2.75) is 18.5 Å². The average Bonchev–Trinajstić information content (AvgIpc) is 2.51. The molecule has 6 atom stereocenters. The Labute approximate surface area is 55.2 Å². The number of nitrogens with zero attached hydrogens (tertiary/aromatic N) is 1. The molecular weight excluding hydrogens is 110 g/mol. The predicted molar refractivity (Wildman–Crippen MR) is 33.7 cm³/mol. The Morgan fingerprint density at radius 3 is 2.67 bits per heavy atom. The van der Waals surface area contributed by atoms with Gasteiger partial charge in [0.1, 0.15) is 6.04 Å². The van der Waals surface area contributed by atoms with Crippen LogP contribution in [0.1, 0.15) is 6.42 Å². The highest BCUT2D eigenvalue weighted by atomic mass is 15.5. The van der Waals surface area contributed by atoms with Gasteiger partial charge in [0.2, 0.25) is 0 Å². The molecule has 2 saturated carbocycles. The van der Waals surface area contributed by atoms with Gasteiger partial charge in [-0.3, -0.25) is 0 Å². The minimum atomic E-state index is 1.16. The second kappa shape index (κ2) is 0.731. The maximum absolute atomic E-state index is 2.48. The fourth-order valence-corrected chi connectivity index (χ4v) is 4.10. The van der Waals surface area contributed by atoms with E-state index in [4.69, 9.17) is 0 Å². The van der Waals surface area contributed by atoms with Crippen molar-refractivity contribution in [1.82, 2.24) is 0 Å². The molecule has 0 bridgehead atoms. The highest BCUT2D eigenvalue weighted by Gasteiger charge is 2.88. The van der Waals surface area contributed by atoms with Crippen LogP contribution in [0, 0.1) is 17.8 Å². The van der Waals surface area contributed by atoms with Crippen LogP contribution in [0.2, 0.25) is 0 Å². The third kappa shape index (κ3) is 0.207. The Morgan fingerprint density at radius 2 is 2.22 bits per heavy atom. The number of fused-ring (bicyclic) bond motifs is 4. The van der Waals surface area contributed by atoms with Crippen LogP contribution in [-0.2, 0) is 0 Å². The molecule has 0 radical (unpaired) electrons. The third-order valence-electron chi connectivity index (χ3n) is 4.53. The van der Waals surface area contributed by atoms with Gasteiger partial charge in [-0.15, -0.1) is 0 Å². The molecule has 5 unspecified atom stereocenters. The number of piperidine rings is 3. The maximum Gasteiger partial charge on any atom is 0.102 e. The molecule has 0 spiro atoms. The van der Waals surface area contributed by atoms with Crippen molar-refractivity contribution in [2.75, 3.05) is 13.6 Å². The highest BCUT2D eigenvalue weighted by molar-refractivity contribution is 5.22. The summed E-state index contributed by atoms with van der Waals surface area (Å²) in [4.78, 5) is 0. The summed E-state index contributed by atoms with van der Waals surface area (Å²) in [7, 11) is 2.48. The van der Waals surface area contributed by atoms with Crippen molar-refractivity contribution in [2.24, 2.45) is 17.8 Å². The zero-order valence-corrected chi connectivity index (χ0v) is 5.75. The van der Waals surface area contributed by atoms with Crippen LogP contribution >= 0.6 is 0 Å². The summed E-state index contributed by atoms with van der Waals surface area (Å²) in [5, 5.41) is 0. The second-order valence-corrected chi connectivity index (χ2v) is 4.73. The van der Waals surface area contributed by atoms with Crippen molar-refractivity contribution in [3.63, 3.8) is 0 Å². The number of hydrogen-bond donors (Lipinski definition) is 0. The van der Waals surface area contributed by atoms with Crippen molar-refractivity contribution < 1.29 is 4.48 Å². The molecule has 9 heavy (non-hydrogen) atoms. The lowest BCUT2D eigenvalue weighted by Gasteiger charge is -2.41. The Bertz CT molecular complexity index is 203. The molecule has 4 rings (SSSR count). The van der Waals surface area contributed by atoms with Gasteiger partial charge in [-0.05, 0) is 0 Å². The zero-order chi connectivity index (χ0) is 5.80. The Hall–Kier alpha value is -0.0400. The fourth-order valence-electron chi connectivity index (χ4n) is 4.10. The van der Waals surface area contributed by atoms with Gasteiger partial charge in [-0.1, -0.05) is 0 Å². The summed E-state index contributed by atoms with van der Waals surface area (Å²) in [5.41, 5.74) is 0. The lowest BCUT2D eigenvalue weighted by atomic mass is 10.1. The molecule has 2 aliphatic heterocycles. The molecule has 4 fully saturated rings. The zero-order valence-electron chi connectivity index (χ0n) is 5.75. The minimum Gasteiger partial charge on any atom is -0.320 e. The molecule has 0 aromatic heterocycles. The first kappa shape index (κ1) is 3.97. The minimum absolute atomic E-state index is 1.16. The second-order valence-electron chi connectivity index (χ2n) is 4.73. The quantitative estimate of drug-likeness (QED) is 0.409. The highest BCUT2D eigenvalue weighted by Crippen LogP contribution is 2.76. The fraction of sp³-hybridized carbons (Fsp3) is 1.00. The number of hydrogen-bond acceptors (Lipinski definition) is 0. The summed E-state index contributed by atoms with van der Waals surface area (Å²) in [5.74, 6) is 3.68.